The summed E-state index contributed by atoms with van der Waals surface area (Å²) in [5.41, 5.74) is -0.0478. The van der Waals surface area contributed by atoms with Gasteiger partial charge in [0.1, 0.15) is 6.04 Å². The number of nitro benzene ring substituents is 1. The van der Waals surface area contributed by atoms with Crippen LogP contribution in [0.15, 0.2) is 36.4 Å². The van der Waals surface area contributed by atoms with Crippen LogP contribution in [0.5, 0.6) is 0 Å². The Morgan fingerprint density at radius 1 is 1.35 bits per heavy atom. The molecule has 7 nitrogen and oxygen atoms in total. The lowest BCUT2D eigenvalue weighted by Gasteiger charge is -2.24. The van der Waals surface area contributed by atoms with Crippen molar-refractivity contribution in [2.24, 2.45) is 0 Å². The maximum atomic E-state index is 12.6. The maximum absolute atomic E-state index is 12.6. The molecule has 9 heteroatoms. The molecule has 1 N–H and O–H groups in total. The Morgan fingerprint density at radius 3 is 2.65 bits per heavy atom. The predicted molar refractivity (Wildman–Crippen MR) is 100 cm³/mol. The number of carbonyl (C=O) groups excluding carboxylic acids is 2. The molecule has 2 rings (SSSR count). The van der Waals surface area contributed by atoms with Gasteiger partial charge in [-0.25, -0.2) is 0 Å². The van der Waals surface area contributed by atoms with Gasteiger partial charge in [-0.1, -0.05) is 17.7 Å². The zero-order valence-electron chi connectivity index (χ0n) is 14.3. The fourth-order valence-corrected chi connectivity index (χ4v) is 3.45. The number of non-ortho nitro benzene ring substituents is 1. The lowest BCUT2D eigenvalue weighted by Crippen LogP contribution is -2.46. The van der Waals surface area contributed by atoms with Gasteiger partial charge in [0.15, 0.2) is 0 Å². The van der Waals surface area contributed by atoms with Crippen molar-refractivity contribution in [3.05, 3.63) is 61.3 Å². The summed E-state index contributed by atoms with van der Waals surface area (Å²) in [5.74, 6) is -0.777. The molecule has 0 radical (unpaired) electrons. The Kier molecular flexibility index (Phi) is 6.70. The highest BCUT2D eigenvalue weighted by Gasteiger charge is 2.23. The van der Waals surface area contributed by atoms with Gasteiger partial charge in [-0.05, 0) is 32.0 Å². The predicted octanol–water partition coefficient (Wildman–Crippen LogP) is 3.48. The molecule has 1 unspecified atom stereocenters. The number of benzene rings is 1. The monoisotopic (exact) mass is 395 g/mol. The average Bonchev–Trinajstić information content (AvgIpc) is 3.03. The van der Waals surface area contributed by atoms with Crippen LogP contribution in [-0.2, 0) is 11.3 Å². The second-order valence-corrected chi connectivity index (χ2v) is 7.36. The highest BCUT2D eigenvalue weighted by molar-refractivity contribution is 7.16. The maximum Gasteiger partial charge on any atom is 0.270 e. The summed E-state index contributed by atoms with van der Waals surface area (Å²) < 4.78 is 0.649. The second kappa shape index (κ2) is 8.77. The quantitative estimate of drug-likeness (QED) is 0.573. The number of likely N-dealkylation sites (N-methyl/N-ethyl adjacent to an activating group) is 1. The Morgan fingerprint density at radius 2 is 2.08 bits per heavy atom. The van der Waals surface area contributed by atoms with Crippen LogP contribution < -0.4 is 5.32 Å². The molecule has 1 aromatic carbocycles. The first-order valence-electron chi connectivity index (χ1n) is 7.90. The van der Waals surface area contributed by atoms with Crippen LogP contribution in [-0.4, -0.2) is 34.2 Å². The van der Waals surface area contributed by atoms with Crippen molar-refractivity contribution in [3.8, 4) is 0 Å². The molecule has 1 atom stereocenters. The Hall–Kier alpha value is -2.45. The number of carbonyl (C=O) groups is 2. The van der Waals surface area contributed by atoms with Crippen LogP contribution in [0.3, 0.4) is 0 Å². The van der Waals surface area contributed by atoms with E-state index in [4.69, 9.17) is 11.6 Å². The first kappa shape index (κ1) is 19.9. The van der Waals surface area contributed by atoms with Gasteiger partial charge in [0, 0.05) is 29.1 Å². The summed E-state index contributed by atoms with van der Waals surface area (Å²) in [6.07, 6.45) is 0. The highest BCUT2D eigenvalue weighted by atomic mass is 35.5. The summed E-state index contributed by atoms with van der Waals surface area (Å²) in [7, 11) is 0. The number of hydrogen-bond acceptors (Lipinski definition) is 5. The lowest BCUT2D eigenvalue weighted by atomic mass is 10.1. The summed E-state index contributed by atoms with van der Waals surface area (Å²) in [4.78, 5) is 37.7. The van der Waals surface area contributed by atoms with Crippen LogP contribution in [0, 0.1) is 10.1 Å². The van der Waals surface area contributed by atoms with Gasteiger partial charge in [-0.2, -0.15) is 0 Å². The van der Waals surface area contributed by atoms with Crippen molar-refractivity contribution in [1.29, 1.82) is 0 Å². The molecule has 0 bridgehead atoms. The lowest BCUT2D eigenvalue weighted by molar-refractivity contribution is -0.384. The van der Waals surface area contributed by atoms with E-state index < -0.39 is 16.9 Å². The standard InChI is InChI=1S/C17H18ClN3O4S/c1-3-20(10-14-7-8-15(18)26-14)17(23)11(2)19-16(22)12-5-4-6-13(9-12)21(24)25/h4-9,11H,3,10H2,1-2H3,(H,19,22). The molecular weight excluding hydrogens is 378 g/mol. The minimum Gasteiger partial charge on any atom is -0.341 e. The first-order valence-corrected chi connectivity index (χ1v) is 9.09. The Bertz CT molecular complexity index is 824. The molecule has 1 heterocycles. The van der Waals surface area contributed by atoms with E-state index >= 15 is 0 Å². The second-order valence-electron chi connectivity index (χ2n) is 5.56. The van der Waals surface area contributed by atoms with Gasteiger partial charge in [0.2, 0.25) is 5.91 Å². The van der Waals surface area contributed by atoms with Crippen molar-refractivity contribution in [1.82, 2.24) is 10.2 Å². The zero-order valence-corrected chi connectivity index (χ0v) is 15.8. The molecule has 0 saturated heterocycles. The molecule has 138 valence electrons. The molecule has 0 aliphatic rings. The van der Waals surface area contributed by atoms with Crippen LogP contribution in [0.1, 0.15) is 29.1 Å². The molecule has 0 fully saturated rings. The average molecular weight is 396 g/mol. The molecule has 2 aromatic rings. The summed E-state index contributed by atoms with van der Waals surface area (Å²) in [5, 5.41) is 13.4. The van der Waals surface area contributed by atoms with Gasteiger partial charge in [0.25, 0.3) is 11.6 Å². The largest absolute Gasteiger partial charge is 0.341 e. The van der Waals surface area contributed by atoms with Gasteiger partial charge in [-0.15, -0.1) is 11.3 Å². The van der Waals surface area contributed by atoms with Crippen molar-refractivity contribution in [2.45, 2.75) is 26.4 Å². The van der Waals surface area contributed by atoms with Crippen molar-refractivity contribution in [2.75, 3.05) is 6.54 Å². The van der Waals surface area contributed by atoms with E-state index in [9.17, 15) is 19.7 Å². The minimum absolute atomic E-state index is 0.131. The van der Waals surface area contributed by atoms with Crippen LogP contribution >= 0.6 is 22.9 Å². The third-order valence-electron chi connectivity index (χ3n) is 3.71. The number of amides is 2. The van der Waals surface area contributed by atoms with Crippen molar-refractivity contribution >= 4 is 40.4 Å². The van der Waals surface area contributed by atoms with E-state index in [2.05, 4.69) is 5.32 Å². The van der Waals surface area contributed by atoms with E-state index in [-0.39, 0.29) is 17.2 Å². The normalized spacial score (nSPS) is 11.7. The highest BCUT2D eigenvalue weighted by Crippen LogP contribution is 2.23. The van der Waals surface area contributed by atoms with Gasteiger partial charge in [0.05, 0.1) is 15.8 Å². The smallest absolute Gasteiger partial charge is 0.270 e. The van der Waals surface area contributed by atoms with Gasteiger partial charge < -0.3 is 10.2 Å². The fraction of sp³-hybridized carbons (Fsp3) is 0.294. The number of thiophene rings is 1. The van der Waals surface area contributed by atoms with E-state index in [1.54, 1.807) is 17.9 Å². The Balaban J connectivity index is 2.03. The molecule has 0 aliphatic heterocycles. The number of halogens is 1. The van der Waals surface area contributed by atoms with Crippen molar-refractivity contribution in [3.63, 3.8) is 0 Å². The first-order chi connectivity index (χ1) is 12.3. The molecular formula is C17H18ClN3O4S. The van der Waals surface area contributed by atoms with Gasteiger partial charge >= 0.3 is 0 Å². The van der Waals surface area contributed by atoms with E-state index in [0.717, 1.165) is 4.88 Å². The number of hydrogen-bond donors (Lipinski definition) is 1. The summed E-state index contributed by atoms with van der Waals surface area (Å²) in [6, 6.07) is 8.23. The molecule has 1 aromatic heterocycles. The topological polar surface area (TPSA) is 92.6 Å². The fourth-order valence-electron chi connectivity index (χ4n) is 2.35. The SMILES string of the molecule is CCN(Cc1ccc(Cl)s1)C(=O)C(C)NC(=O)c1cccc([N+](=O)[O-])c1. The molecule has 26 heavy (non-hydrogen) atoms. The molecule has 2 amide bonds. The van der Waals surface area contributed by atoms with Gasteiger partial charge in [-0.3, -0.25) is 19.7 Å². The molecule has 0 saturated carbocycles. The van der Waals surface area contributed by atoms with Crippen LogP contribution in [0.25, 0.3) is 0 Å². The molecule has 0 spiro atoms. The third kappa shape index (κ3) is 5.03. The van der Waals surface area contributed by atoms with E-state index in [1.165, 1.54) is 35.6 Å². The van der Waals surface area contributed by atoms with E-state index in [1.807, 2.05) is 13.0 Å². The van der Waals surface area contributed by atoms with Crippen LogP contribution in [0.2, 0.25) is 4.34 Å². The number of rotatable bonds is 7. The van der Waals surface area contributed by atoms with Crippen LogP contribution in [0.4, 0.5) is 5.69 Å². The number of nitrogens with zero attached hydrogens (tertiary/aromatic N) is 2. The number of nitrogens with one attached hydrogen (secondary N) is 1. The summed E-state index contributed by atoms with van der Waals surface area (Å²) in [6.45, 7) is 4.32. The zero-order chi connectivity index (χ0) is 19.3. The summed E-state index contributed by atoms with van der Waals surface area (Å²) >= 11 is 7.31. The van der Waals surface area contributed by atoms with E-state index in [0.29, 0.717) is 17.4 Å². The van der Waals surface area contributed by atoms with Crippen molar-refractivity contribution < 1.29 is 14.5 Å². The minimum atomic E-state index is -0.767. The third-order valence-corrected chi connectivity index (χ3v) is 4.92. The Labute approximate surface area is 159 Å². The number of nitro groups is 1. The molecule has 0 aliphatic carbocycles.